The molecule has 41 heavy (non-hydrogen) atoms. The Morgan fingerprint density at radius 2 is 0.805 bits per heavy atom. The molecule has 8 aromatic carbocycles. The first-order valence-corrected chi connectivity index (χ1v) is 14.2. The van der Waals surface area contributed by atoms with Crippen molar-refractivity contribution in [3.05, 3.63) is 152 Å². The number of hydrogen-bond acceptors (Lipinski definition) is 0. The minimum atomic E-state index is 1.19. The second-order valence-corrected chi connectivity index (χ2v) is 11.0. The summed E-state index contributed by atoms with van der Waals surface area (Å²) in [6, 6.07) is 55.6. The molecular weight excluding hydrogens is 494 g/mol. The van der Waals surface area contributed by atoms with Gasteiger partial charge < -0.3 is 4.57 Å². The summed E-state index contributed by atoms with van der Waals surface area (Å²) in [5.74, 6) is 0. The van der Waals surface area contributed by atoms with Crippen LogP contribution in [0.2, 0.25) is 0 Å². The summed E-state index contributed by atoms with van der Waals surface area (Å²) in [6.07, 6.45) is 0. The molecule has 0 saturated carbocycles. The highest BCUT2D eigenvalue weighted by Gasteiger charge is 2.12. The summed E-state index contributed by atoms with van der Waals surface area (Å²) in [5.41, 5.74) is 6.14. The van der Waals surface area contributed by atoms with E-state index in [0.717, 1.165) is 0 Å². The molecule has 0 amide bonds. The van der Waals surface area contributed by atoms with Crippen molar-refractivity contribution in [1.29, 1.82) is 0 Å². The Balaban J connectivity index is 1.18. The predicted octanol–water partition coefficient (Wildman–Crippen LogP) is 11.1. The molecule has 1 heteroatoms. The van der Waals surface area contributed by atoms with Crippen LogP contribution in [0.4, 0.5) is 0 Å². The Kier molecular flexibility index (Phi) is 4.67. The molecule has 1 aromatic heterocycles. The monoisotopic (exact) mass is 519 g/mol. The molecule has 0 atom stereocenters. The lowest BCUT2D eigenvalue weighted by atomic mass is 9.94. The summed E-state index contributed by atoms with van der Waals surface area (Å²) in [7, 11) is 0. The van der Waals surface area contributed by atoms with E-state index in [9.17, 15) is 0 Å². The van der Waals surface area contributed by atoms with E-state index in [2.05, 4.69) is 156 Å². The van der Waals surface area contributed by atoms with E-state index in [1.165, 1.54) is 81.7 Å². The summed E-state index contributed by atoms with van der Waals surface area (Å²) in [6.45, 7) is 0. The van der Waals surface area contributed by atoms with Crippen LogP contribution in [0.15, 0.2) is 152 Å². The highest BCUT2D eigenvalue weighted by molar-refractivity contribution is 6.18. The van der Waals surface area contributed by atoms with E-state index in [1.54, 1.807) is 0 Å². The molecule has 1 heterocycles. The number of rotatable bonds is 2. The summed E-state index contributed by atoms with van der Waals surface area (Å²) in [5, 5.41) is 12.8. The van der Waals surface area contributed by atoms with Gasteiger partial charge in [-0.25, -0.2) is 0 Å². The number of para-hydroxylation sites is 2. The minimum absolute atomic E-state index is 1.19. The van der Waals surface area contributed by atoms with E-state index in [4.69, 9.17) is 0 Å². The number of aromatic nitrogens is 1. The summed E-state index contributed by atoms with van der Waals surface area (Å²) < 4.78 is 2.39. The van der Waals surface area contributed by atoms with Crippen LogP contribution < -0.4 is 0 Å². The first-order valence-electron chi connectivity index (χ1n) is 14.2. The van der Waals surface area contributed by atoms with E-state index < -0.39 is 0 Å². The van der Waals surface area contributed by atoms with Crippen molar-refractivity contribution < 1.29 is 0 Å². The average molecular weight is 520 g/mol. The molecule has 1 nitrogen and oxygen atoms in total. The van der Waals surface area contributed by atoms with Gasteiger partial charge in [-0.15, -0.1) is 0 Å². The van der Waals surface area contributed by atoms with Gasteiger partial charge in [0.2, 0.25) is 0 Å². The Morgan fingerprint density at radius 1 is 0.293 bits per heavy atom. The first-order chi connectivity index (χ1) is 20.3. The quantitative estimate of drug-likeness (QED) is 0.200. The van der Waals surface area contributed by atoms with Crippen LogP contribution >= 0.6 is 0 Å². The van der Waals surface area contributed by atoms with Gasteiger partial charge >= 0.3 is 0 Å². The van der Waals surface area contributed by atoms with Crippen molar-refractivity contribution >= 4 is 64.9 Å². The zero-order valence-electron chi connectivity index (χ0n) is 22.4. The lowest BCUT2D eigenvalue weighted by molar-refractivity contribution is 1.19. The Labute approximate surface area is 237 Å². The van der Waals surface area contributed by atoms with E-state index in [1.807, 2.05) is 0 Å². The fourth-order valence-corrected chi connectivity index (χ4v) is 6.75. The number of benzene rings is 8. The molecule has 0 aliphatic carbocycles. The third-order valence-corrected chi connectivity index (χ3v) is 8.74. The average Bonchev–Trinajstić information content (AvgIpc) is 3.38. The molecular formula is C40H25N. The maximum atomic E-state index is 2.39. The molecule has 0 radical (unpaired) electrons. The zero-order chi connectivity index (χ0) is 26.9. The summed E-state index contributed by atoms with van der Waals surface area (Å²) in [4.78, 5) is 0. The maximum Gasteiger partial charge on any atom is 0.0541 e. The van der Waals surface area contributed by atoms with Crippen LogP contribution in [-0.2, 0) is 0 Å². The van der Waals surface area contributed by atoms with Gasteiger partial charge in [0.05, 0.1) is 11.0 Å². The van der Waals surface area contributed by atoms with Crippen LogP contribution in [0.3, 0.4) is 0 Å². The second-order valence-electron chi connectivity index (χ2n) is 11.0. The number of fused-ring (bicyclic) bond motifs is 9. The lowest BCUT2D eigenvalue weighted by Gasteiger charge is -2.12. The molecule has 0 bridgehead atoms. The topological polar surface area (TPSA) is 4.93 Å². The third-order valence-electron chi connectivity index (χ3n) is 8.74. The van der Waals surface area contributed by atoms with Crippen molar-refractivity contribution in [1.82, 2.24) is 4.57 Å². The van der Waals surface area contributed by atoms with Gasteiger partial charge in [-0.3, -0.25) is 0 Å². The molecule has 190 valence electrons. The molecule has 0 aliphatic heterocycles. The highest BCUT2D eigenvalue weighted by Crippen LogP contribution is 2.36. The van der Waals surface area contributed by atoms with Gasteiger partial charge in [0, 0.05) is 16.5 Å². The van der Waals surface area contributed by atoms with E-state index in [-0.39, 0.29) is 0 Å². The van der Waals surface area contributed by atoms with Gasteiger partial charge in [-0.1, -0.05) is 115 Å². The zero-order valence-corrected chi connectivity index (χ0v) is 22.4. The van der Waals surface area contributed by atoms with Crippen LogP contribution in [0.25, 0.3) is 81.7 Å². The molecule has 0 fully saturated rings. The standard InChI is InChI=1S/C40H25N/c1-2-8-33-26(7-1)18-22-35-34(33)21-19-27-13-14-31(25-38(27)35)28-15-16-30-24-32(20-17-29(30)23-28)41-39-11-5-3-9-36(39)37-10-4-6-12-40(37)41/h1-25H. The van der Waals surface area contributed by atoms with Crippen molar-refractivity contribution in [3.8, 4) is 16.8 Å². The summed E-state index contributed by atoms with van der Waals surface area (Å²) >= 11 is 0. The Bertz CT molecular complexity index is 2420. The van der Waals surface area contributed by atoms with Crippen molar-refractivity contribution in [2.45, 2.75) is 0 Å². The van der Waals surface area contributed by atoms with Gasteiger partial charge in [0.15, 0.2) is 0 Å². The van der Waals surface area contributed by atoms with Crippen LogP contribution in [0.1, 0.15) is 0 Å². The SMILES string of the molecule is c1ccc2c(c1)ccc1c3cc(-c4ccc5cc(-n6c7ccccc7c7ccccc76)ccc5c4)ccc3ccc21. The molecule has 0 unspecified atom stereocenters. The highest BCUT2D eigenvalue weighted by atomic mass is 15.0. The molecule has 0 saturated heterocycles. The van der Waals surface area contributed by atoms with Crippen molar-refractivity contribution in [2.75, 3.05) is 0 Å². The molecule has 0 spiro atoms. The Hall–Kier alpha value is -5.40. The predicted molar refractivity (Wildman–Crippen MR) is 176 cm³/mol. The Morgan fingerprint density at radius 3 is 1.56 bits per heavy atom. The fourth-order valence-electron chi connectivity index (χ4n) is 6.75. The van der Waals surface area contributed by atoms with Crippen LogP contribution in [-0.4, -0.2) is 4.57 Å². The van der Waals surface area contributed by atoms with Gasteiger partial charge in [0.25, 0.3) is 0 Å². The maximum absolute atomic E-state index is 2.39. The van der Waals surface area contributed by atoms with E-state index >= 15 is 0 Å². The van der Waals surface area contributed by atoms with E-state index in [0.29, 0.717) is 0 Å². The smallest absolute Gasteiger partial charge is 0.0541 e. The van der Waals surface area contributed by atoms with Gasteiger partial charge in [-0.2, -0.15) is 0 Å². The lowest BCUT2D eigenvalue weighted by Crippen LogP contribution is -1.93. The first kappa shape index (κ1) is 22.4. The number of hydrogen-bond donors (Lipinski definition) is 0. The fraction of sp³-hybridized carbons (Fsp3) is 0. The minimum Gasteiger partial charge on any atom is -0.309 e. The van der Waals surface area contributed by atoms with Gasteiger partial charge in [0.1, 0.15) is 0 Å². The normalized spacial score (nSPS) is 11.9. The molecule has 0 aliphatic rings. The largest absolute Gasteiger partial charge is 0.309 e. The van der Waals surface area contributed by atoms with Crippen LogP contribution in [0, 0.1) is 0 Å². The van der Waals surface area contributed by atoms with Gasteiger partial charge in [-0.05, 0) is 90.6 Å². The molecule has 0 N–H and O–H groups in total. The van der Waals surface area contributed by atoms with Crippen molar-refractivity contribution in [2.24, 2.45) is 0 Å². The van der Waals surface area contributed by atoms with Crippen LogP contribution in [0.5, 0.6) is 0 Å². The van der Waals surface area contributed by atoms with Crippen molar-refractivity contribution in [3.63, 3.8) is 0 Å². The molecule has 9 rings (SSSR count). The third kappa shape index (κ3) is 3.36. The molecule has 9 aromatic rings. The number of nitrogens with zero attached hydrogens (tertiary/aromatic N) is 1. The second kappa shape index (κ2) is 8.55.